The van der Waals surface area contributed by atoms with Crippen LogP contribution in [0.1, 0.15) is 6.42 Å². The molecule has 0 amide bonds. The average Bonchev–Trinajstić information content (AvgIpc) is 3.03. The Balaban J connectivity index is 1.67. The van der Waals surface area contributed by atoms with Crippen LogP contribution in [0, 0.1) is 11.8 Å². The lowest BCUT2D eigenvalue weighted by molar-refractivity contribution is 0.169. The van der Waals surface area contributed by atoms with E-state index in [1.807, 2.05) is 0 Å². The van der Waals surface area contributed by atoms with Gasteiger partial charge in [0.15, 0.2) is 16.5 Å². The molecular formula is C13H26N6Si2. The summed E-state index contributed by atoms with van der Waals surface area (Å²) in [7, 11) is -2.91. The van der Waals surface area contributed by atoms with Crippen molar-refractivity contribution in [3.8, 4) is 0 Å². The Morgan fingerprint density at radius 3 is 1.52 bits per heavy atom. The molecule has 0 aromatic carbocycles. The van der Waals surface area contributed by atoms with Crippen molar-refractivity contribution in [2.45, 2.75) is 69.9 Å². The third-order valence-electron chi connectivity index (χ3n) is 5.50. The van der Waals surface area contributed by atoms with Crippen molar-refractivity contribution in [3.63, 3.8) is 0 Å². The second-order valence-corrected chi connectivity index (χ2v) is 18.6. The van der Waals surface area contributed by atoms with Gasteiger partial charge in [-0.1, -0.05) is 49.7 Å². The lowest BCUT2D eigenvalue weighted by atomic mass is 9.85. The molecule has 21 heavy (non-hydrogen) atoms. The van der Waals surface area contributed by atoms with Gasteiger partial charge < -0.3 is 9.35 Å². The first-order chi connectivity index (χ1) is 9.69. The normalized spacial score (nSPS) is 43.9. The molecule has 6 nitrogen and oxygen atoms in total. The molecule has 4 atom stereocenters. The molecule has 2 saturated carbocycles. The van der Waals surface area contributed by atoms with Crippen molar-refractivity contribution in [3.05, 3.63) is 0 Å². The first-order valence-corrected chi connectivity index (χ1v) is 15.0. The molecule has 116 valence electrons. The minimum absolute atomic E-state index is 0.378. The van der Waals surface area contributed by atoms with E-state index in [4.69, 9.17) is 0 Å². The molecule has 0 radical (unpaired) electrons. The molecule has 0 aromatic rings. The Bertz CT molecular complexity index is 478. The van der Waals surface area contributed by atoms with Gasteiger partial charge in [0.25, 0.3) is 0 Å². The van der Waals surface area contributed by atoms with Gasteiger partial charge in [0.05, 0.1) is 24.2 Å². The summed E-state index contributed by atoms with van der Waals surface area (Å²) in [5.41, 5.74) is 0. The van der Waals surface area contributed by atoms with Crippen molar-refractivity contribution < 1.29 is 0 Å². The summed E-state index contributed by atoms with van der Waals surface area (Å²) in [5, 5.41) is 18.5. The molecule has 8 heteroatoms. The van der Waals surface area contributed by atoms with Crippen molar-refractivity contribution in [1.29, 1.82) is 0 Å². The van der Waals surface area contributed by atoms with Crippen LogP contribution < -0.4 is 0 Å². The van der Waals surface area contributed by atoms with E-state index in [1.165, 1.54) is 6.42 Å². The minimum Gasteiger partial charge on any atom is -0.301 e. The maximum absolute atomic E-state index is 4.65. The quantitative estimate of drug-likeness (QED) is 0.733. The number of hydrogen-bond acceptors (Lipinski definition) is 6. The van der Waals surface area contributed by atoms with Gasteiger partial charge in [-0.15, -0.1) is 0 Å². The predicted octanol–water partition coefficient (Wildman–Crippen LogP) is 3.15. The van der Waals surface area contributed by atoms with Crippen molar-refractivity contribution in [2.24, 2.45) is 32.5 Å². The zero-order chi connectivity index (χ0) is 15.2. The zero-order valence-electron chi connectivity index (χ0n) is 13.9. The third-order valence-corrected chi connectivity index (χ3v) is 9.03. The minimum atomic E-state index is -1.45. The smallest absolute Gasteiger partial charge is 0.172 e. The average molecular weight is 323 g/mol. The van der Waals surface area contributed by atoms with Crippen LogP contribution in [-0.4, -0.2) is 50.0 Å². The molecule has 2 aliphatic heterocycles. The molecule has 4 unspecified atom stereocenters. The van der Waals surface area contributed by atoms with Gasteiger partial charge in [-0.3, -0.25) is 0 Å². The largest absolute Gasteiger partial charge is 0.301 e. The number of fused-ring (bicyclic) bond motifs is 8. The molecule has 2 bridgehead atoms. The van der Waals surface area contributed by atoms with Crippen molar-refractivity contribution in [2.75, 3.05) is 0 Å². The fourth-order valence-corrected chi connectivity index (χ4v) is 7.88. The molecule has 0 saturated heterocycles. The van der Waals surface area contributed by atoms with E-state index in [1.54, 1.807) is 0 Å². The van der Waals surface area contributed by atoms with Crippen LogP contribution in [-0.2, 0) is 0 Å². The van der Waals surface area contributed by atoms with Gasteiger partial charge in [0, 0.05) is 11.8 Å². The van der Waals surface area contributed by atoms with E-state index in [9.17, 15) is 0 Å². The lowest BCUT2D eigenvalue weighted by Gasteiger charge is -2.44. The van der Waals surface area contributed by atoms with E-state index in [-0.39, 0.29) is 0 Å². The van der Waals surface area contributed by atoms with Crippen molar-refractivity contribution in [1.82, 2.24) is 9.35 Å². The van der Waals surface area contributed by atoms with Crippen LogP contribution in [0.4, 0.5) is 0 Å². The van der Waals surface area contributed by atoms with Crippen molar-refractivity contribution >= 4 is 16.5 Å². The van der Waals surface area contributed by atoms with Crippen LogP contribution in [0.5, 0.6) is 0 Å². The van der Waals surface area contributed by atoms with E-state index >= 15 is 0 Å². The fourth-order valence-electron chi connectivity index (χ4n) is 4.76. The summed E-state index contributed by atoms with van der Waals surface area (Å²) in [4.78, 5) is 0. The molecule has 2 heterocycles. The summed E-state index contributed by atoms with van der Waals surface area (Å²) >= 11 is 0. The van der Waals surface area contributed by atoms with Crippen LogP contribution >= 0.6 is 0 Å². The van der Waals surface area contributed by atoms with E-state index in [0.29, 0.717) is 36.0 Å². The highest BCUT2D eigenvalue weighted by atomic mass is 28.3. The zero-order valence-corrected chi connectivity index (χ0v) is 15.9. The maximum atomic E-state index is 4.65. The fraction of sp³-hybridized carbons (Fsp3) is 1.00. The molecule has 0 spiro atoms. The van der Waals surface area contributed by atoms with Gasteiger partial charge >= 0.3 is 0 Å². The standard InChI is InChI=1S/C13H26N6Si2/c1-20(2,3)18-12-9-7-8(10(12)14-16-18)11-13(9)19(17-15-11)21(4,5)6/h8-13H,7H2,1-6H3. The van der Waals surface area contributed by atoms with Crippen LogP contribution in [0.25, 0.3) is 0 Å². The van der Waals surface area contributed by atoms with E-state index < -0.39 is 16.5 Å². The Labute approximate surface area is 128 Å². The number of rotatable bonds is 2. The summed E-state index contributed by atoms with van der Waals surface area (Å²) in [6.45, 7) is 14.2. The van der Waals surface area contributed by atoms with Crippen LogP contribution in [0.3, 0.4) is 0 Å². The molecule has 4 rings (SSSR count). The van der Waals surface area contributed by atoms with Gasteiger partial charge in [0.2, 0.25) is 0 Å². The highest BCUT2D eigenvalue weighted by Gasteiger charge is 2.67. The molecular weight excluding hydrogens is 296 g/mol. The topological polar surface area (TPSA) is 55.9 Å². The molecule has 2 fully saturated rings. The van der Waals surface area contributed by atoms with E-state index in [2.05, 4.69) is 69.3 Å². The van der Waals surface area contributed by atoms with E-state index in [0.717, 1.165) is 0 Å². The molecule has 0 aromatic heterocycles. The second-order valence-electron chi connectivity index (χ2n) is 8.97. The Morgan fingerprint density at radius 2 is 1.14 bits per heavy atom. The molecule has 0 N–H and O–H groups in total. The highest BCUT2D eigenvalue weighted by molar-refractivity contribution is 6.73. The highest BCUT2D eigenvalue weighted by Crippen LogP contribution is 2.56. The van der Waals surface area contributed by atoms with Gasteiger partial charge in [0.1, 0.15) is 0 Å². The Morgan fingerprint density at radius 1 is 0.714 bits per heavy atom. The third kappa shape index (κ3) is 1.74. The maximum Gasteiger partial charge on any atom is 0.172 e. The first-order valence-electron chi connectivity index (χ1n) is 8.10. The van der Waals surface area contributed by atoms with Gasteiger partial charge in [-0.2, -0.15) is 10.2 Å². The summed E-state index contributed by atoms with van der Waals surface area (Å²) in [6.07, 6.45) is 1.27. The van der Waals surface area contributed by atoms with Crippen LogP contribution in [0.2, 0.25) is 39.3 Å². The summed E-state index contributed by atoms with van der Waals surface area (Å²) in [5.74, 6) is 1.22. The Hall–Kier alpha value is -0.766. The van der Waals surface area contributed by atoms with Crippen LogP contribution in [0.15, 0.2) is 20.7 Å². The predicted molar refractivity (Wildman–Crippen MR) is 86.8 cm³/mol. The number of hydrogen-bond donors (Lipinski definition) is 0. The summed E-state index contributed by atoms with van der Waals surface area (Å²) in [6, 6.07) is 1.79. The monoisotopic (exact) mass is 322 g/mol. The summed E-state index contributed by atoms with van der Waals surface area (Å²) < 4.78 is 4.80. The Kier molecular flexibility index (Phi) is 2.61. The van der Waals surface area contributed by atoms with Gasteiger partial charge in [-0.25, -0.2) is 0 Å². The lowest BCUT2D eigenvalue weighted by Crippen LogP contribution is -2.60. The molecule has 2 aliphatic carbocycles. The van der Waals surface area contributed by atoms with Gasteiger partial charge in [-0.05, 0) is 6.42 Å². The first kappa shape index (κ1) is 13.9. The molecule has 4 aliphatic rings. The SMILES string of the molecule is C[Si](C)(C)N1N=NC2C3CC(C21)C1C3N=NN1[Si](C)(C)C. The second kappa shape index (κ2) is 3.95. The number of nitrogens with zero attached hydrogens (tertiary/aromatic N) is 6.